The van der Waals surface area contributed by atoms with E-state index in [0.29, 0.717) is 11.7 Å². The second-order valence-corrected chi connectivity index (χ2v) is 5.38. The van der Waals surface area contributed by atoms with Crippen LogP contribution in [-0.4, -0.2) is 30.3 Å². The zero-order chi connectivity index (χ0) is 12.7. The molecule has 1 saturated carbocycles. The van der Waals surface area contributed by atoms with Crippen molar-refractivity contribution in [2.24, 2.45) is 11.8 Å². The number of nitrogens with zero attached hydrogens (tertiary/aromatic N) is 1. The van der Waals surface area contributed by atoms with Gasteiger partial charge in [-0.3, -0.25) is 4.79 Å². The molecule has 100 valence electrons. The van der Waals surface area contributed by atoms with Gasteiger partial charge in [-0.15, -0.1) is 0 Å². The molecule has 0 heterocycles. The molecular formula is C15H29NO. The van der Waals surface area contributed by atoms with Gasteiger partial charge in [-0.25, -0.2) is 0 Å². The predicted octanol–water partition coefficient (Wildman–Crippen LogP) is 3.50. The lowest BCUT2D eigenvalue weighted by Gasteiger charge is -2.28. The van der Waals surface area contributed by atoms with Gasteiger partial charge >= 0.3 is 0 Å². The molecule has 1 rings (SSSR count). The lowest BCUT2D eigenvalue weighted by Crippen LogP contribution is -2.29. The first-order valence-electron chi connectivity index (χ1n) is 7.46. The Bertz CT molecular complexity index is 223. The van der Waals surface area contributed by atoms with Crippen LogP contribution >= 0.6 is 0 Å². The molecular weight excluding hydrogens is 210 g/mol. The summed E-state index contributed by atoms with van der Waals surface area (Å²) < 4.78 is 0. The molecule has 0 amide bonds. The quantitative estimate of drug-likeness (QED) is 0.677. The van der Waals surface area contributed by atoms with E-state index in [4.69, 9.17) is 0 Å². The van der Waals surface area contributed by atoms with Crippen LogP contribution in [-0.2, 0) is 4.79 Å². The van der Waals surface area contributed by atoms with Crippen molar-refractivity contribution < 1.29 is 4.79 Å². The summed E-state index contributed by atoms with van der Waals surface area (Å²) in [7, 11) is 0. The topological polar surface area (TPSA) is 20.3 Å². The fraction of sp³-hybridized carbons (Fsp3) is 0.933. The Balaban J connectivity index is 2.31. The Morgan fingerprint density at radius 3 is 2.47 bits per heavy atom. The van der Waals surface area contributed by atoms with Crippen molar-refractivity contribution in [3.05, 3.63) is 0 Å². The summed E-state index contributed by atoms with van der Waals surface area (Å²) in [5.74, 6) is 1.71. The fourth-order valence-electron chi connectivity index (χ4n) is 2.97. The summed E-state index contributed by atoms with van der Waals surface area (Å²) in [6.07, 6.45) is 6.93. The van der Waals surface area contributed by atoms with Gasteiger partial charge < -0.3 is 4.90 Å². The van der Waals surface area contributed by atoms with E-state index >= 15 is 0 Å². The Kier molecular flexibility index (Phi) is 6.79. The van der Waals surface area contributed by atoms with E-state index in [0.717, 1.165) is 44.8 Å². The molecule has 2 atom stereocenters. The van der Waals surface area contributed by atoms with Gasteiger partial charge in [-0.05, 0) is 31.8 Å². The third kappa shape index (κ3) is 4.79. The Labute approximate surface area is 107 Å². The van der Waals surface area contributed by atoms with Gasteiger partial charge in [0, 0.05) is 18.9 Å². The lowest BCUT2D eigenvalue weighted by molar-refractivity contribution is -0.124. The van der Waals surface area contributed by atoms with Gasteiger partial charge in [-0.1, -0.05) is 40.0 Å². The standard InChI is InChI=1S/C15H29NO/c1-4-13-8-7-9-14(12-13)15(17)10-11-16(5-2)6-3/h13-14H,4-12H2,1-3H3. The molecule has 1 aliphatic rings. The molecule has 0 saturated heterocycles. The summed E-state index contributed by atoms with van der Waals surface area (Å²) in [6, 6.07) is 0. The highest BCUT2D eigenvalue weighted by molar-refractivity contribution is 5.81. The number of carbonyl (C=O) groups excluding carboxylic acids is 1. The Hall–Kier alpha value is -0.370. The van der Waals surface area contributed by atoms with Crippen LogP contribution in [0, 0.1) is 11.8 Å². The summed E-state index contributed by atoms with van der Waals surface area (Å²) >= 11 is 0. The monoisotopic (exact) mass is 239 g/mol. The van der Waals surface area contributed by atoms with Crippen LogP contribution in [0.1, 0.15) is 59.3 Å². The van der Waals surface area contributed by atoms with Gasteiger partial charge in [0.05, 0.1) is 0 Å². The normalized spacial score (nSPS) is 25.2. The molecule has 0 aromatic rings. The SMILES string of the molecule is CCC1CCCC(C(=O)CCN(CC)CC)C1. The van der Waals surface area contributed by atoms with E-state index in [2.05, 4.69) is 25.7 Å². The third-order valence-corrected chi connectivity index (χ3v) is 4.38. The Morgan fingerprint density at radius 2 is 1.88 bits per heavy atom. The van der Waals surface area contributed by atoms with Gasteiger partial charge in [0.15, 0.2) is 0 Å². The van der Waals surface area contributed by atoms with Gasteiger partial charge in [0.2, 0.25) is 0 Å². The van der Waals surface area contributed by atoms with Crippen molar-refractivity contribution in [2.45, 2.75) is 59.3 Å². The molecule has 17 heavy (non-hydrogen) atoms. The van der Waals surface area contributed by atoms with Crippen molar-refractivity contribution in [1.82, 2.24) is 4.90 Å². The van der Waals surface area contributed by atoms with Crippen LogP contribution in [0.15, 0.2) is 0 Å². The average Bonchev–Trinajstić information content (AvgIpc) is 2.39. The van der Waals surface area contributed by atoms with E-state index < -0.39 is 0 Å². The molecule has 0 spiro atoms. The van der Waals surface area contributed by atoms with Crippen molar-refractivity contribution in [2.75, 3.05) is 19.6 Å². The molecule has 0 radical (unpaired) electrons. The number of hydrogen-bond acceptors (Lipinski definition) is 2. The number of Topliss-reactive ketones (excluding diaryl/α,β-unsaturated/α-hetero) is 1. The van der Waals surface area contributed by atoms with E-state index in [1.165, 1.54) is 19.3 Å². The average molecular weight is 239 g/mol. The number of hydrogen-bond donors (Lipinski definition) is 0. The molecule has 0 aromatic carbocycles. The number of rotatable bonds is 7. The van der Waals surface area contributed by atoms with Gasteiger partial charge in [0.1, 0.15) is 5.78 Å². The van der Waals surface area contributed by atoms with Crippen LogP contribution in [0.2, 0.25) is 0 Å². The molecule has 2 heteroatoms. The first-order valence-corrected chi connectivity index (χ1v) is 7.46. The summed E-state index contributed by atoms with van der Waals surface area (Å²) in [6.45, 7) is 9.67. The van der Waals surface area contributed by atoms with Crippen molar-refractivity contribution >= 4 is 5.78 Å². The van der Waals surface area contributed by atoms with Crippen LogP contribution in [0.5, 0.6) is 0 Å². The molecule has 0 N–H and O–H groups in total. The summed E-state index contributed by atoms with van der Waals surface area (Å²) in [5.41, 5.74) is 0. The van der Waals surface area contributed by atoms with E-state index in [1.54, 1.807) is 0 Å². The van der Waals surface area contributed by atoms with Crippen molar-refractivity contribution in [3.63, 3.8) is 0 Å². The Morgan fingerprint density at radius 1 is 1.18 bits per heavy atom. The molecule has 2 unspecified atom stereocenters. The molecule has 2 nitrogen and oxygen atoms in total. The van der Waals surface area contributed by atoms with Crippen LogP contribution in [0.25, 0.3) is 0 Å². The second kappa shape index (κ2) is 7.86. The van der Waals surface area contributed by atoms with Crippen LogP contribution < -0.4 is 0 Å². The van der Waals surface area contributed by atoms with Crippen molar-refractivity contribution in [3.8, 4) is 0 Å². The highest BCUT2D eigenvalue weighted by Crippen LogP contribution is 2.31. The molecule has 0 bridgehead atoms. The van der Waals surface area contributed by atoms with Gasteiger partial charge in [0.25, 0.3) is 0 Å². The minimum absolute atomic E-state index is 0.379. The maximum absolute atomic E-state index is 12.2. The van der Waals surface area contributed by atoms with Crippen LogP contribution in [0.4, 0.5) is 0 Å². The van der Waals surface area contributed by atoms with E-state index in [9.17, 15) is 4.79 Å². The largest absolute Gasteiger partial charge is 0.303 e. The van der Waals surface area contributed by atoms with Crippen LogP contribution in [0.3, 0.4) is 0 Å². The maximum Gasteiger partial charge on any atom is 0.137 e. The van der Waals surface area contributed by atoms with E-state index in [-0.39, 0.29) is 0 Å². The lowest BCUT2D eigenvalue weighted by atomic mass is 9.78. The highest BCUT2D eigenvalue weighted by Gasteiger charge is 2.25. The minimum Gasteiger partial charge on any atom is -0.303 e. The molecule has 0 aromatic heterocycles. The number of carbonyl (C=O) groups is 1. The van der Waals surface area contributed by atoms with Crippen molar-refractivity contribution in [1.29, 1.82) is 0 Å². The third-order valence-electron chi connectivity index (χ3n) is 4.38. The molecule has 1 aliphatic carbocycles. The smallest absolute Gasteiger partial charge is 0.137 e. The zero-order valence-corrected chi connectivity index (χ0v) is 11.9. The highest BCUT2D eigenvalue weighted by atomic mass is 16.1. The molecule has 1 fully saturated rings. The summed E-state index contributed by atoms with van der Waals surface area (Å²) in [4.78, 5) is 14.5. The van der Waals surface area contributed by atoms with E-state index in [1.807, 2.05) is 0 Å². The minimum atomic E-state index is 0.379. The number of ketones is 1. The summed E-state index contributed by atoms with van der Waals surface area (Å²) in [5, 5.41) is 0. The second-order valence-electron chi connectivity index (χ2n) is 5.38. The fourth-order valence-corrected chi connectivity index (χ4v) is 2.97. The zero-order valence-electron chi connectivity index (χ0n) is 11.9. The predicted molar refractivity (Wildman–Crippen MR) is 73.2 cm³/mol. The molecule has 0 aliphatic heterocycles. The maximum atomic E-state index is 12.2. The first-order chi connectivity index (χ1) is 8.21. The first kappa shape index (κ1) is 14.7. The van der Waals surface area contributed by atoms with Gasteiger partial charge in [-0.2, -0.15) is 0 Å².